The molecule has 1 fully saturated rings. The van der Waals surface area contributed by atoms with Crippen molar-refractivity contribution in [3.63, 3.8) is 0 Å². The third-order valence-corrected chi connectivity index (χ3v) is 15.1. The van der Waals surface area contributed by atoms with E-state index in [-0.39, 0.29) is 0 Å². The predicted octanol–water partition coefficient (Wildman–Crippen LogP) is 3.45. The van der Waals surface area contributed by atoms with E-state index in [4.69, 9.17) is 4.12 Å². The maximum atomic E-state index is 6.56. The third-order valence-electron chi connectivity index (χ3n) is 2.93. The van der Waals surface area contributed by atoms with Gasteiger partial charge in [0, 0.05) is 0 Å². The van der Waals surface area contributed by atoms with Crippen molar-refractivity contribution in [1.29, 1.82) is 0 Å². The van der Waals surface area contributed by atoms with Crippen LogP contribution in [0.15, 0.2) is 0 Å². The second-order valence-electron chi connectivity index (χ2n) is 6.82. The Labute approximate surface area is 98.4 Å². The number of hydrogen-bond donors (Lipinski definition) is 0. The minimum atomic E-state index is -1.53. The van der Waals surface area contributed by atoms with Gasteiger partial charge in [0.05, 0.1) is 0 Å². The maximum absolute atomic E-state index is 6.56. The van der Waals surface area contributed by atoms with Crippen LogP contribution in [0.3, 0.4) is 0 Å². The summed E-state index contributed by atoms with van der Waals surface area (Å²) in [5.41, 5.74) is 0. The second-order valence-corrected chi connectivity index (χ2v) is 20.6. The monoisotopic (exact) mass is 261 g/mol. The van der Waals surface area contributed by atoms with Gasteiger partial charge in [-0.2, -0.15) is 0 Å². The third kappa shape index (κ3) is 3.52. The topological polar surface area (TPSA) is 12.5 Å². The first kappa shape index (κ1) is 13.6. The second kappa shape index (κ2) is 4.10. The van der Waals surface area contributed by atoms with E-state index in [1.165, 1.54) is 19.0 Å². The molecule has 1 unspecified atom stereocenters. The van der Waals surface area contributed by atoms with Crippen LogP contribution in [0.25, 0.3) is 0 Å². The summed E-state index contributed by atoms with van der Waals surface area (Å²) < 4.78 is 9.37. The van der Waals surface area contributed by atoms with Crippen molar-refractivity contribution in [2.45, 2.75) is 58.3 Å². The Morgan fingerprint density at radius 3 is 2.00 bits per heavy atom. The molecule has 0 N–H and O–H groups in total. The van der Waals surface area contributed by atoms with Crippen molar-refractivity contribution in [2.24, 2.45) is 0 Å². The summed E-state index contributed by atoms with van der Waals surface area (Å²) in [6, 6.07) is 1.35. The molecule has 1 aliphatic heterocycles. The van der Waals surface area contributed by atoms with Crippen LogP contribution in [0.1, 0.15) is 6.42 Å². The Kier molecular flexibility index (Phi) is 3.73. The van der Waals surface area contributed by atoms with Crippen LogP contribution in [0, 0.1) is 0 Å². The lowest BCUT2D eigenvalue weighted by Gasteiger charge is -2.44. The lowest BCUT2D eigenvalue weighted by molar-refractivity contribution is 0.478. The number of nitrogens with zero attached hydrogens (tertiary/aromatic N) is 1. The van der Waals surface area contributed by atoms with Gasteiger partial charge >= 0.3 is 0 Å². The summed E-state index contributed by atoms with van der Waals surface area (Å²) in [6.07, 6.45) is 1.36. The van der Waals surface area contributed by atoms with E-state index in [2.05, 4.69) is 50.1 Å². The molecule has 1 saturated heterocycles. The van der Waals surface area contributed by atoms with Gasteiger partial charge in [-0.05, 0) is 45.2 Å². The summed E-state index contributed by atoms with van der Waals surface area (Å²) in [7, 11) is -4.07. The van der Waals surface area contributed by atoms with Crippen LogP contribution < -0.4 is 0 Å². The zero-order valence-electron chi connectivity index (χ0n) is 11.5. The van der Waals surface area contributed by atoms with E-state index in [9.17, 15) is 0 Å². The molecule has 0 aliphatic carbocycles. The van der Waals surface area contributed by atoms with Crippen LogP contribution in [-0.2, 0) is 4.12 Å². The van der Waals surface area contributed by atoms with Crippen LogP contribution in [0.5, 0.6) is 0 Å². The fourth-order valence-electron chi connectivity index (χ4n) is 2.75. The maximum Gasteiger partial charge on any atom is 0.251 e. The van der Waals surface area contributed by atoms with Crippen molar-refractivity contribution < 1.29 is 4.12 Å². The van der Waals surface area contributed by atoms with Crippen LogP contribution in [0.4, 0.5) is 0 Å². The molecule has 0 spiro atoms. The van der Waals surface area contributed by atoms with Crippen molar-refractivity contribution in [2.75, 3.05) is 6.54 Å². The Balaban J connectivity index is 2.82. The highest BCUT2D eigenvalue weighted by Crippen LogP contribution is 2.33. The molecular formula is C10H27NOSi3. The summed E-state index contributed by atoms with van der Waals surface area (Å²) in [5.74, 6) is 0. The fourth-order valence-corrected chi connectivity index (χ4v) is 17.8. The molecule has 0 amide bonds. The molecule has 15 heavy (non-hydrogen) atoms. The first-order valence-electron chi connectivity index (χ1n) is 6.03. The first-order chi connectivity index (χ1) is 6.55. The molecule has 0 radical (unpaired) electrons. The van der Waals surface area contributed by atoms with Gasteiger partial charge in [-0.3, -0.25) is 0 Å². The van der Waals surface area contributed by atoms with E-state index in [1.54, 1.807) is 0 Å². The molecule has 0 aromatic heterocycles. The molecule has 1 aliphatic rings. The summed E-state index contributed by atoms with van der Waals surface area (Å²) in [6.45, 7) is 18.1. The number of hydrogen-bond acceptors (Lipinski definition) is 2. The minimum absolute atomic E-state index is 1.17. The van der Waals surface area contributed by atoms with Gasteiger partial charge in [0.25, 0.3) is 8.48 Å². The molecule has 1 rings (SSSR count). The molecule has 0 aromatic carbocycles. The number of rotatable bonds is 3. The lowest BCUT2D eigenvalue weighted by Crippen LogP contribution is -2.62. The highest BCUT2D eigenvalue weighted by Gasteiger charge is 2.48. The van der Waals surface area contributed by atoms with Crippen molar-refractivity contribution in [3.05, 3.63) is 0 Å². The molecule has 90 valence electrons. The molecule has 0 aromatic rings. The van der Waals surface area contributed by atoms with Gasteiger partial charge in [0.15, 0.2) is 8.32 Å². The SMILES string of the molecule is C[Si](C)(C)O[Si]1(C)CCCN1[Si](C)(C)C. The molecule has 0 bridgehead atoms. The largest absolute Gasteiger partial charge is 0.445 e. The summed E-state index contributed by atoms with van der Waals surface area (Å²) in [5, 5.41) is 0. The van der Waals surface area contributed by atoms with E-state index < -0.39 is 25.0 Å². The quantitative estimate of drug-likeness (QED) is 0.722. The van der Waals surface area contributed by atoms with Gasteiger partial charge in [0.1, 0.15) is 8.24 Å². The average molecular weight is 262 g/mol. The lowest BCUT2D eigenvalue weighted by atomic mass is 10.5. The van der Waals surface area contributed by atoms with Crippen molar-refractivity contribution in [1.82, 2.24) is 4.23 Å². The van der Waals surface area contributed by atoms with Gasteiger partial charge < -0.3 is 8.35 Å². The Bertz CT molecular complexity index is 234. The summed E-state index contributed by atoms with van der Waals surface area (Å²) in [4.78, 5) is 0. The van der Waals surface area contributed by atoms with E-state index in [0.29, 0.717) is 0 Å². The van der Waals surface area contributed by atoms with Crippen LogP contribution >= 0.6 is 0 Å². The van der Waals surface area contributed by atoms with Gasteiger partial charge in [-0.1, -0.05) is 19.6 Å². The highest BCUT2D eigenvalue weighted by atomic mass is 28.5. The fraction of sp³-hybridized carbons (Fsp3) is 1.00. The van der Waals surface area contributed by atoms with Crippen molar-refractivity contribution in [3.8, 4) is 0 Å². The van der Waals surface area contributed by atoms with E-state index in [1.807, 2.05) is 0 Å². The molecule has 0 saturated carbocycles. The first-order valence-corrected chi connectivity index (χ1v) is 15.4. The van der Waals surface area contributed by atoms with Crippen LogP contribution in [-0.4, -0.2) is 35.8 Å². The Hall–Kier alpha value is 0.571. The Morgan fingerprint density at radius 2 is 1.60 bits per heavy atom. The van der Waals surface area contributed by atoms with Crippen LogP contribution in [0.2, 0.25) is 51.9 Å². The zero-order chi connectivity index (χ0) is 11.9. The normalized spacial score (nSPS) is 29.8. The predicted molar refractivity (Wildman–Crippen MR) is 75.5 cm³/mol. The zero-order valence-corrected chi connectivity index (χ0v) is 14.5. The van der Waals surface area contributed by atoms with E-state index in [0.717, 1.165) is 0 Å². The molecule has 1 atom stereocenters. The smallest absolute Gasteiger partial charge is 0.251 e. The van der Waals surface area contributed by atoms with E-state index >= 15 is 0 Å². The standard InChI is InChI=1S/C10H27NOSi3/c1-13(2,3)11-9-8-10-15(11,7)12-14(4,5)6/h8-10H2,1-7H3. The Morgan fingerprint density at radius 1 is 1.07 bits per heavy atom. The average Bonchev–Trinajstić information content (AvgIpc) is 2.24. The van der Waals surface area contributed by atoms with Gasteiger partial charge in [-0.15, -0.1) is 0 Å². The molecular weight excluding hydrogens is 234 g/mol. The summed E-state index contributed by atoms with van der Waals surface area (Å²) >= 11 is 0. The molecule has 2 nitrogen and oxygen atoms in total. The molecule has 5 heteroatoms. The highest BCUT2D eigenvalue weighted by molar-refractivity contribution is 6.92. The minimum Gasteiger partial charge on any atom is -0.445 e. The van der Waals surface area contributed by atoms with Gasteiger partial charge in [0.2, 0.25) is 0 Å². The molecule has 1 heterocycles. The van der Waals surface area contributed by atoms with Crippen molar-refractivity contribution >= 4 is 25.0 Å². The van der Waals surface area contributed by atoms with Gasteiger partial charge in [-0.25, -0.2) is 0 Å².